The molecule has 0 saturated heterocycles. The fourth-order valence-corrected chi connectivity index (χ4v) is 2.74. The van der Waals surface area contributed by atoms with Gasteiger partial charge in [0.1, 0.15) is 0 Å². The molecule has 0 aliphatic carbocycles. The molecule has 0 unspecified atom stereocenters. The first-order valence-electron chi connectivity index (χ1n) is 8.55. The van der Waals surface area contributed by atoms with Gasteiger partial charge in [-0.15, -0.1) is 0 Å². The molecular formula is C20H22N2O4. The predicted molar refractivity (Wildman–Crippen MR) is 96.8 cm³/mol. The van der Waals surface area contributed by atoms with E-state index in [9.17, 15) is 9.59 Å². The van der Waals surface area contributed by atoms with Gasteiger partial charge >= 0.3 is 0 Å². The summed E-state index contributed by atoms with van der Waals surface area (Å²) in [5.41, 5.74) is 1.93. The van der Waals surface area contributed by atoms with Crippen LogP contribution in [0.1, 0.15) is 17.5 Å². The van der Waals surface area contributed by atoms with Gasteiger partial charge in [0.15, 0.2) is 11.5 Å². The van der Waals surface area contributed by atoms with Crippen LogP contribution in [0.15, 0.2) is 48.5 Å². The van der Waals surface area contributed by atoms with Crippen molar-refractivity contribution in [2.45, 2.75) is 19.4 Å². The van der Waals surface area contributed by atoms with Gasteiger partial charge in [0, 0.05) is 26.6 Å². The number of carbonyl (C=O) groups excluding carboxylic acids is 2. The third-order valence-corrected chi connectivity index (χ3v) is 4.15. The number of nitrogens with one attached hydrogen (secondary N) is 1. The van der Waals surface area contributed by atoms with Gasteiger partial charge in [-0.3, -0.25) is 9.59 Å². The first kappa shape index (κ1) is 17.8. The van der Waals surface area contributed by atoms with Crippen LogP contribution in [0, 0.1) is 0 Å². The second-order valence-corrected chi connectivity index (χ2v) is 6.20. The molecule has 6 heteroatoms. The van der Waals surface area contributed by atoms with Crippen LogP contribution in [0.4, 0.5) is 0 Å². The fourth-order valence-electron chi connectivity index (χ4n) is 2.74. The molecule has 0 fully saturated rings. The van der Waals surface area contributed by atoms with E-state index in [0.29, 0.717) is 25.3 Å². The molecule has 2 aromatic carbocycles. The molecule has 1 aliphatic heterocycles. The number of rotatable bonds is 7. The van der Waals surface area contributed by atoms with Gasteiger partial charge < -0.3 is 19.7 Å². The van der Waals surface area contributed by atoms with Crippen molar-refractivity contribution in [3.8, 4) is 11.5 Å². The molecule has 1 N–H and O–H groups in total. The van der Waals surface area contributed by atoms with Crippen molar-refractivity contribution in [1.29, 1.82) is 0 Å². The third kappa shape index (κ3) is 4.75. The zero-order chi connectivity index (χ0) is 18.4. The number of amides is 2. The molecule has 2 aromatic rings. The predicted octanol–water partition coefficient (Wildman–Crippen LogP) is 2.12. The van der Waals surface area contributed by atoms with Crippen LogP contribution in [-0.4, -0.2) is 37.1 Å². The first-order valence-corrected chi connectivity index (χ1v) is 8.55. The average Bonchev–Trinajstić information content (AvgIpc) is 3.10. The molecule has 1 heterocycles. The standard InChI is InChI=1S/C20H22N2O4/c1-22(13-16-7-8-17-18(11-16)26-14-25-17)20(24)9-10-21-19(23)12-15-5-3-2-4-6-15/h2-8,11H,9-10,12-14H2,1H3,(H,21,23). The molecule has 2 amide bonds. The van der Waals surface area contributed by atoms with Gasteiger partial charge in [0.2, 0.25) is 18.6 Å². The van der Waals surface area contributed by atoms with Crippen LogP contribution < -0.4 is 14.8 Å². The molecule has 3 rings (SSSR count). The van der Waals surface area contributed by atoms with Crippen molar-refractivity contribution in [3.05, 3.63) is 59.7 Å². The van der Waals surface area contributed by atoms with Gasteiger partial charge in [-0.2, -0.15) is 0 Å². The monoisotopic (exact) mass is 354 g/mol. The van der Waals surface area contributed by atoms with E-state index in [1.54, 1.807) is 11.9 Å². The summed E-state index contributed by atoms with van der Waals surface area (Å²) in [5, 5.41) is 2.79. The van der Waals surface area contributed by atoms with Crippen molar-refractivity contribution in [2.24, 2.45) is 0 Å². The van der Waals surface area contributed by atoms with E-state index in [2.05, 4.69) is 5.32 Å². The molecule has 0 atom stereocenters. The lowest BCUT2D eigenvalue weighted by molar-refractivity contribution is -0.130. The maximum atomic E-state index is 12.2. The Kier molecular flexibility index (Phi) is 5.73. The highest BCUT2D eigenvalue weighted by Gasteiger charge is 2.15. The summed E-state index contributed by atoms with van der Waals surface area (Å²) in [6.07, 6.45) is 0.587. The van der Waals surface area contributed by atoms with Gasteiger partial charge in [-0.05, 0) is 23.3 Å². The Morgan fingerprint density at radius 1 is 1.04 bits per heavy atom. The van der Waals surface area contributed by atoms with Gasteiger partial charge in [-0.25, -0.2) is 0 Å². The number of nitrogens with zero attached hydrogens (tertiary/aromatic N) is 1. The molecule has 0 saturated carbocycles. The minimum atomic E-state index is -0.0811. The Labute approximate surface area is 152 Å². The molecule has 26 heavy (non-hydrogen) atoms. The van der Waals surface area contributed by atoms with E-state index in [1.165, 1.54) is 0 Å². The molecular weight excluding hydrogens is 332 g/mol. The second-order valence-electron chi connectivity index (χ2n) is 6.20. The van der Waals surface area contributed by atoms with E-state index in [-0.39, 0.29) is 25.0 Å². The summed E-state index contributed by atoms with van der Waals surface area (Å²) in [5.74, 6) is 1.32. The Hall–Kier alpha value is -3.02. The fraction of sp³-hybridized carbons (Fsp3) is 0.300. The topological polar surface area (TPSA) is 67.9 Å². The highest BCUT2D eigenvalue weighted by atomic mass is 16.7. The lowest BCUT2D eigenvalue weighted by Gasteiger charge is -2.17. The second kappa shape index (κ2) is 8.38. The molecule has 0 radical (unpaired) electrons. The minimum Gasteiger partial charge on any atom is -0.454 e. The lowest BCUT2D eigenvalue weighted by atomic mass is 10.1. The van der Waals surface area contributed by atoms with Crippen molar-refractivity contribution in [3.63, 3.8) is 0 Å². The summed E-state index contributed by atoms with van der Waals surface area (Å²) >= 11 is 0. The normalized spacial score (nSPS) is 11.9. The van der Waals surface area contributed by atoms with E-state index >= 15 is 0 Å². The average molecular weight is 354 g/mol. The molecule has 6 nitrogen and oxygen atoms in total. The van der Waals surface area contributed by atoms with Gasteiger partial charge in [0.25, 0.3) is 0 Å². The number of fused-ring (bicyclic) bond motifs is 1. The zero-order valence-corrected chi connectivity index (χ0v) is 14.7. The molecule has 0 aromatic heterocycles. The maximum absolute atomic E-state index is 12.2. The van der Waals surface area contributed by atoms with Crippen molar-refractivity contribution >= 4 is 11.8 Å². The van der Waals surface area contributed by atoms with Crippen LogP contribution in [0.3, 0.4) is 0 Å². The quantitative estimate of drug-likeness (QED) is 0.827. The Morgan fingerprint density at radius 3 is 2.62 bits per heavy atom. The molecule has 1 aliphatic rings. The van der Waals surface area contributed by atoms with Crippen molar-refractivity contribution in [2.75, 3.05) is 20.4 Å². The van der Waals surface area contributed by atoms with E-state index in [4.69, 9.17) is 9.47 Å². The number of hydrogen-bond donors (Lipinski definition) is 1. The molecule has 0 bridgehead atoms. The van der Waals surface area contributed by atoms with E-state index in [1.807, 2.05) is 48.5 Å². The van der Waals surface area contributed by atoms with Crippen LogP contribution in [0.25, 0.3) is 0 Å². The Balaban J connectivity index is 1.41. The number of hydrogen-bond acceptors (Lipinski definition) is 4. The van der Waals surface area contributed by atoms with Crippen LogP contribution in [0.5, 0.6) is 11.5 Å². The summed E-state index contributed by atoms with van der Waals surface area (Å²) in [7, 11) is 1.75. The highest BCUT2D eigenvalue weighted by molar-refractivity contribution is 5.80. The SMILES string of the molecule is CN(Cc1ccc2c(c1)OCO2)C(=O)CCNC(=O)Cc1ccccc1. The molecule has 136 valence electrons. The Morgan fingerprint density at radius 2 is 1.81 bits per heavy atom. The number of benzene rings is 2. The number of ether oxygens (including phenoxy) is 2. The van der Waals surface area contributed by atoms with E-state index in [0.717, 1.165) is 16.9 Å². The largest absolute Gasteiger partial charge is 0.454 e. The Bertz CT molecular complexity index is 777. The van der Waals surface area contributed by atoms with E-state index < -0.39 is 0 Å². The molecule has 0 spiro atoms. The zero-order valence-electron chi connectivity index (χ0n) is 14.7. The lowest BCUT2D eigenvalue weighted by Crippen LogP contribution is -2.32. The van der Waals surface area contributed by atoms with Crippen LogP contribution in [-0.2, 0) is 22.6 Å². The summed E-state index contributed by atoms with van der Waals surface area (Å²) in [6.45, 7) is 1.04. The highest BCUT2D eigenvalue weighted by Crippen LogP contribution is 2.32. The third-order valence-electron chi connectivity index (χ3n) is 4.15. The van der Waals surface area contributed by atoms with Crippen LogP contribution >= 0.6 is 0 Å². The smallest absolute Gasteiger partial charge is 0.231 e. The van der Waals surface area contributed by atoms with Crippen molar-refractivity contribution in [1.82, 2.24) is 10.2 Å². The maximum Gasteiger partial charge on any atom is 0.231 e. The van der Waals surface area contributed by atoms with Gasteiger partial charge in [-0.1, -0.05) is 36.4 Å². The van der Waals surface area contributed by atoms with Crippen molar-refractivity contribution < 1.29 is 19.1 Å². The van der Waals surface area contributed by atoms with Gasteiger partial charge in [0.05, 0.1) is 6.42 Å². The number of carbonyl (C=O) groups is 2. The summed E-state index contributed by atoms with van der Waals surface area (Å²) < 4.78 is 10.6. The first-order chi connectivity index (χ1) is 12.6. The summed E-state index contributed by atoms with van der Waals surface area (Å²) in [6, 6.07) is 15.2. The summed E-state index contributed by atoms with van der Waals surface area (Å²) in [4.78, 5) is 25.8. The minimum absolute atomic E-state index is 0.0253. The van der Waals surface area contributed by atoms with Crippen LogP contribution in [0.2, 0.25) is 0 Å².